The lowest BCUT2D eigenvalue weighted by atomic mass is 10.1. The summed E-state index contributed by atoms with van der Waals surface area (Å²) >= 11 is 0. The maximum absolute atomic E-state index is 12.1. The zero-order valence-corrected chi connectivity index (χ0v) is 35.6. The standard InChI is InChI=1S/C44H82NO8P/c1-3-5-7-9-11-13-15-17-19-20-21-22-23-24-26-28-30-32-34-36-43(47)45-38-39-52-54(49,50)53-41-42(46)40-51-44(48)37-35-33-31-29-27-25-18-16-14-12-10-8-6-4-2/h10,12,16-19,42,46H,3-9,11,13-15,20-41H2,1-2H3,(H,45,47)(H,49,50)/b12-10-,18-16-,19-17+. The van der Waals surface area contributed by atoms with Gasteiger partial charge in [0, 0.05) is 19.4 Å². The Morgan fingerprint density at radius 1 is 0.574 bits per heavy atom. The minimum absolute atomic E-state index is 0.0793. The molecule has 0 heterocycles. The third-order valence-corrected chi connectivity index (χ3v) is 10.3. The van der Waals surface area contributed by atoms with E-state index >= 15 is 0 Å². The molecule has 2 atom stereocenters. The van der Waals surface area contributed by atoms with Crippen LogP contribution in [0.3, 0.4) is 0 Å². The molecule has 0 aromatic carbocycles. The van der Waals surface area contributed by atoms with Gasteiger partial charge in [0.25, 0.3) is 0 Å². The van der Waals surface area contributed by atoms with E-state index in [1.165, 1.54) is 103 Å². The Kier molecular flexibility index (Phi) is 39.5. The van der Waals surface area contributed by atoms with Crippen LogP contribution in [0.5, 0.6) is 0 Å². The zero-order valence-electron chi connectivity index (χ0n) is 34.7. The average molecular weight is 784 g/mol. The Hall–Kier alpha value is -1.77. The average Bonchev–Trinajstić information content (AvgIpc) is 3.16. The van der Waals surface area contributed by atoms with Crippen molar-refractivity contribution in [2.24, 2.45) is 0 Å². The van der Waals surface area contributed by atoms with E-state index in [0.717, 1.165) is 70.6 Å². The molecule has 9 nitrogen and oxygen atoms in total. The molecule has 1 amide bonds. The number of nitrogens with one attached hydrogen (secondary N) is 1. The molecule has 0 aliphatic rings. The number of unbranched alkanes of at least 4 members (excludes halogenated alkanes) is 22. The van der Waals surface area contributed by atoms with Crippen molar-refractivity contribution in [1.82, 2.24) is 5.32 Å². The lowest BCUT2D eigenvalue weighted by Crippen LogP contribution is -2.27. The van der Waals surface area contributed by atoms with Crippen molar-refractivity contribution in [3.8, 4) is 0 Å². The number of rotatable bonds is 41. The predicted molar refractivity (Wildman–Crippen MR) is 224 cm³/mol. The molecule has 10 heteroatoms. The Labute approximate surface area is 331 Å². The third-order valence-electron chi connectivity index (χ3n) is 9.29. The highest BCUT2D eigenvalue weighted by Crippen LogP contribution is 2.42. The summed E-state index contributed by atoms with van der Waals surface area (Å²) < 4.78 is 26.8. The zero-order chi connectivity index (χ0) is 39.6. The Balaban J connectivity index is 3.60. The van der Waals surface area contributed by atoms with Crippen molar-refractivity contribution >= 4 is 19.7 Å². The van der Waals surface area contributed by atoms with E-state index in [0.29, 0.717) is 6.42 Å². The first-order chi connectivity index (χ1) is 26.3. The van der Waals surface area contributed by atoms with Crippen molar-refractivity contribution in [3.63, 3.8) is 0 Å². The van der Waals surface area contributed by atoms with Gasteiger partial charge in [-0.25, -0.2) is 4.57 Å². The van der Waals surface area contributed by atoms with Crippen molar-refractivity contribution in [2.45, 2.75) is 206 Å². The van der Waals surface area contributed by atoms with Gasteiger partial charge in [0.2, 0.25) is 5.91 Å². The fourth-order valence-corrected chi connectivity index (χ4v) is 6.68. The topological polar surface area (TPSA) is 131 Å². The summed E-state index contributed by atoms with van der Waals surface area (Å²) in [5, 5.41) is 12.7. The van der Waals surface area contributed by atoms with Gasteiger partial charge in [-0.3, -0.25) is 18.6 Å². The first-order valence-electron chi connectivity index (χ1n) is 22.0. The number of carbonyl (C=O) groups excluding carboxylic acids is 2. The van der Waals surface area contributed by atoms with Crippen LogP contribution in [-0.4, -0.2) is 54.3 Å². The number of hydrogen-bond acceptors (Lipinski definition) is 7. The number of carbonyl (C=O) groups is 2. The largest absolute Gasteiger partial charge is 0.472 e. The van der Waals surface area contributed by atoms with Gasteiger partial charge < -0.3 is 20.1 Å². The van der Waals surface area contributed by atoms with E-state index in [9.17, 15) is 24.2 Å². The number of phosphoric acid groups is 1. The summed E-state index contributed by atoms with van der Waals surface area (Å²) in [6.07, 6.45) is 45.0. The predicted octanol–water partition coefficient (Wildman–Crippen LogP) is 12.2. The van der Waals surface area contributed by atoms with Gasteiger partial charge in [0.15, 0.2) is 0 Å². The summed E-state index contributed by atoms with van der Waals surface area (Å²) in [5.74, 6) is -0.531. The van der Waals surface area contributed by atoms with E-state index in [1.807, 2.05) is 0 Å². The van der Waals surface area contributed by atoms with E-state index in [2.05, 4.69) is 55.6 Å². The van der Waals surface area contributed by atoms with Crippen molar-refractivity contribution in [3.05, 3.63) is 36.5 Å². The maximum atomic E-state index is 12.1. The lowest BCUT2D eigenvalue weighted by Gasteiger charge is -2.15. The maximum Gasteiger partial charge on any atom is 0.472 e. The first-order valence-corrected chi connectivity index (χ1v) is 23.5. The molecule has 2 unspecified atom stereocenters. The van der Waals surface area contributed by atoms with Gasteiger partial charge in [0.1, 0.15) is 12.7 Å². The summed E-state index contributed by atoms with van der Waals surface area (Å²) in [5.41, 5.74) is 0. The number of aliphatic hydroxyl groups excluding tert-OH is 1. The molecule has 0 aliphatic carbocycles. The van der Waals surface area contributed by atoms with Gasteiger partial charge in [-0.05, 0) is 64.2 Å². The van der Waals surface area contributed by atoms with Crippen LogP contribution in [-0.2, 0) is 27.9 Å². The molecule has 0 spiro atoms. The molecule has 0 saturated carbocycles. The number of phosphoric ester groups is 1. The summed E-state index contributed by atoms with van der Waals surface area (Å²) in [6, 6.07) is 0. The van der Waals surface area contributed by atoms with Crippen molar-refractivity contribution < 1.29 is 37.9 Å². The Morgan fingerprint density at radius 2 is 1.02 bits per heavy atom. The highest BCUT2D eigenvalue weighted by molar-refractivity contribution is 7.47. The smallest absolute Gasteiger partial charge is 0.463 e. The van der Waals surface area contributed by atoms with Crippen LogP contribution in [0.2, 0.25) is 0 Å². The molecule has 0 aromatic heterocycles. The molecule has 0 aromatic rings. The van der Waals surface area contributed by atoms with E-state index < -0.39 is 26.5 Å². The molecule has 0 radical (unpaired) electrons. The van der Waals surface area contributed by atoms with Gasteiger partial charge in [-0.1, -0.05) is 159 Å². The number of hydrogen-bond donors (Lipinski definition) is 3. The lowest BCUT2D eigenvalue weighted by molar-refractivity contribution is -0.147. The second-order valence-electron chi connectivity index (χ2n) is 14.7. The summed E-state index contributed by atoms with van der Waals surface area (Å²) in [4.78, 5) is 33.9. The molecule has 0 fully saturated rings. The molecular formula is C44H82NO8P. The third kappa shape index (κ3) is 41.4. The van der Waals surface area contributed by atoms with Crippen molar-refractivity contribution in [2.75, 3.05) is 26.4 Å². The van der Waals surface area contributed by atoms with Crippen molar-refractivity contribution in [1.29, 1.82) is 0 Å². The summed E-state index contributed by atoms with van der Waals surface area (Å²) in [6.45, 7) is 3.50. The Bertz CT molecular complexity index is 986. The van der Waals surface area contributed by atoms with Crippen LogP contribution in [0, 0.1) is 0 Å². The quantitative estimate of drug-likeness (QED) is 0.0242. The minimum atomic E-state index is -4.42. The number of ether oxygens (including phenoxy) is 1. The van der Waals surface area contributed by atoms with Crippen LogP contribution in [0.25, 0.3) is 0 Å². The first kappa shape index (κ1) is 52.2. The van der Waals surface area contributed by atoms with E-state index in [1.54, 1.807) is 0 Å². The van der Waals surface area contributed by atoms with Gasteiger partial charge in [-0.15, -0.1) is 0 Å². The van der Waals surface area contributed by atoms with E-state index in [4.69, 9.17) is 13.8 Å². The molecular weight excluding hydrogens is 701 g/mol. The van der Waals surface area contributed by atoms with Crippen LogP contribution in [0.15, 0.2) is 36.5 Å². The molecule has 0 bridgehead atoms. The number of amides is 1. The van der Waals surface area contributed by atoms with Crippen LogP contribution < -0.4 is 5.32 Å². The SMILES string of the molecule is CCCC/C=C\C/C=C\CCCCCCCC(=O)OCC(O)COP(=O)(O)OCCNC(=O)CCCCCCCCCCC/C=C/CCCCCCCC. The molecule has 0 aliphatic heterocycles. The molecule has 0 rings (SSSR count). The van der Waals surface area contributed by atoms with Crippen LogP contribution in [0.4, 0.5) is 0 Å². The normalized spacial score (nSPS) is 13.6. The fourth-order valence-electron chi connectivity index (χ4n) is 5.92. The van der Waals surface area contributed by atoms with Gasteiger partial charge >= 0.3 is 13.8 Å². The van der Waals surface area contributed by atoms with Crippen LogP contribution in [0.1, 0.15) is 200 Å². The highest BCUT2D eigenvalue weighted by atomic mass is 31.2. The monoisotopic (exact) mass is 784 g/mol. The molecule has 316 valence electrons. The second kappa shape index (κ2) is 40.9. The van der Waals surface area contributed by atoms with Gasteiger partial charge in [0.05, 0.1) is 13.2 Å². The fraction of sp³-hybridized carbons (Fsp3) is 0.818. The summed E-state index contributed by atoms with van der Waals surface area (Å²) in [7, 11) is -4.42. The Morgan fingerprint density at radius 3 is 1.56 bits per heavy atom. The molecule has 0 saturated heterocycles. The van der Waals surface area contributed by atoms with Crippen LogP contribution >= 0.6 is 7.82 Å². The highest BCUT2D eigenvalue weighted by Gasteiger charge is 2.23. The minimum Gasteiger partial charge on any atom is -0.463 e. The van der Waals surface area contributed by atoms with Gasteiger partial charge in [-0.2, -0.15) is 0 Å². The van der Waals surface area contributed by atoms with E-state index in [-0.39, 0.29) is 32.1 Å². The molecule has 3 N–H and O–H groups in total. The second-order valence-corrected chi connectivity index (χ2v) is 16.1. The number of esters is 1. The number of allylic oxidation sites excluding steroid dienone is 6. The molecule has 54 heavy (non-hydrogen) atoms. The number of aliphatic hydroxyl groups is 1.